The zero-order chi connectivity index (χ0) is 9.47. The van der Waals surface area contributed by atoms with E-state index in [1.807, 2.05) is 0 Å². The molecule has 68 valence electrons. The van der Waals surface area contributed by atoms with Gasteiger partial charge in [0.15, 0.2) is 0 Å². The Morgan fingerprint density at radius 2 is 1.77 bits per heavy atom. The molecule has 0 spiro atoms. The fourth-order valence-electron chi connectivity index (χ4n) is 1.69. The minimum atomic E-state index is -1.89. The van der Waals surface area contributed by atoms with Crippen LogP contribution in [0.15, 0.2) is 30.5 Å². The molecule has 2 rings (SSSR count). The Hall–Kier alpha value is -0.441. The molecule has 0 fully saturated rings. The predicted octanol–water partition coefficient (Wildman–Crippen LogP) is 2.71. The number of hydrogen-bond acceptors (Lipinski definition) is 0. The number of para-hydroxylation sites is 1. The van der Waals surface area contributed by atoms with Gasteiger partial charge in [-0.3, -0.25) is 0 Å². The Kier molecular flexibility index (Phi) is 2.14. The molecule has 13 heavy (non-hydrogen) atoms. The van der Waals surface area contributed by atoms with Crippen molar-refractivity contribution in [1.82, 2.24) is 4.98 Å². The Morgan fingerprint density at radius 1 is 1.08 bits per heavy atom. The van der Waals surface area contributed by atoms with Crippen LogP contribution in [0.1, 0.15) is 0 Å². The van der Waals surface area contributed by atoms with Gasteiger partial charge >= 0.3 is 83.1 Å². The first-order valence-corrected chi connectivity index (χ1v) is 14.6. The van der Waals surface area contributed by atoms with E-state index >= 15 is 0 Å². The van der Waals surface area contributed by atoms with Crippen molar-refractivity contribution in [2.24, 2.45) is 0 Å². The van der Waals surface area contributed by atoms with E-state index < -0.39 is 18.4 Å². The molecule has 0 aliphatic heterocycles. The van der Waals surface area contributed by atoms with Gasteiger partial charge in [0.25, 0.3) is 0 Å². The molecule has 1 aromatic heterocycles. The van der Waals surface area contributed by atoms with Crippen molar-refractivity contribution in [2.75, 3.05) is 0 Å². The van der Waals surface area contributed by atoms with Gasteiger partial charge in [-0.05, 0) is 0 Å². The topological polar surface area (TPSA) is 15.8 Å². The molecule has 0 saturated carbocycles. The summed E-state index contributed by atoms with van der Waals surface area (Å²) in [6.45, 7) is 0. The maximum absolute atomic E-state index is 3.35. The van der Waals surface area contributed by atoms with Crippen LogP contribution >= 0.6 is 0 Å². The molecule has 0 saturated heterocycles. The van der Waals surface area contributed by atoms with Gasteiger partial charge in [0.2, 0.25) is 0 Å². The molecule has 1 nitrogen and oxygen atoms in total. The fraction of sp³-hybridized carbons (Fsp3) is 0.273. The van der Waals surface area contributed by atoms with Gasteiger partial charge in [0.1, 0.15) is 0 Å². The Labute approximate surface area is 83.0 Å². The fourth-order valence-corrected chi connectivity index (χ4v) is 6.06. The summed E-state index contributed by atoms with van der Waals surface area (Å²) in [5.74, 6) is 0. The Bertz CT molecular complexity index is 423. The van der Waals surface area contributed by atoms with Gasteiger partial charge in [0.05, 0.1) is 0 Å². The molecule has 0 amide bonds. The number of hydrogen-bond donors (Lipinski definition) is 1. The summed E-state index contributed by atoms with van der Waals surface area (Å²) < 4.78 is 1.60. The molecule has 0 atom stereocenters. The van der Waals surface area contributed by atoms with E-state index in [2.05, 4.69) is 50.3 Å². The van der Waals surface area contributed by atoms with Crippen molar-refractivity contribution in [3.63, 3.8) is 0 Å². The van der Waals surface area contributed by atoms with Crippen LogP contribution in [0.3, 0.4) is 0 Å². The van der Waals surface area contributed by atoms with Crippen molar-refractivity contribution in [2.45, 2.75) is 14.8 Å². The maximum atomic E-state index is 3.35. The van der Waals surface area contributed by atoms with Crippen molar-refractivity contribution in [3.8, 4) is 0 Å². The van der Waals surface area contributed by atoms with E-state index in [0.717, 1.165) is 0 Å². The minimum absolute atomic E-state index is 1.28. The average molecular weight is 280 g/mol. The zero-order valence-corrected chi connectivity index (χ0v) is 11.2. The number of aromatic nitrogens is 1. The quantitative estimate of drug-likeness (QED) is 0.773. The molecular weight excluding hydrogens is 265 g/mol. The molecule has 0 aliphatic carbocycles. The Morgan fingerprint density at radius 3 is 2.46 bits per heavy atom. The van der Waals surface area contributed by atoms with Crippen molar-refractivity contribution in [1.29, 1.82) is 0 Å². The third kappa shape index (κ3) is 1.62. The van der Waals surface area contributed by atoms with Crippen molar-refractivity contribution >= 4 is 32.9 Å². The predicted molar refractivity (Wildman–Crippen MR) is 61.3 cm³/mol. The van der Waals surface area contributed by atoms with Crippen LogP contribution in [0, 0.1) is 0 Å². The molecule has 0 unspecified atom stereocenters. The second-order valence-corrected chi connectivity index (χ2v) is 18.9. The van der Waals surface area contributed by atoms with Crippen LogP contribution in [0.2, 0.25) is 14.8 Å². The number of aromatic amines is 1. The zero-order valence-electron chi connectivity index (χ0n) is 8.39. The van der Waals surface area contributed by atoms with Gasteiger partial charge in [-0.2, -0.15) is 0 Å². The van der Waals surface area contributed by atoms with E-state index in [-0.39, 0.29) is 0 Å². The number of rotatable bonds is 1. The first kappa shape index (κ1) is 9.13. The van der Waals surface area contributed by atoms with Crippen molar-refractivity contribution < 1.29 is 0 Å². The van der Waals surface area contributed by atoms with Gasteiger partial charge in [0, 0.05) is 0 Å². The summed E-state index contributed by atoms with van der Waals surface area (Å²) in [7, 11) is 0. The number of nitrogens with one attached hydrogen (secondary N) is 1. The third-order valence-corrected chi connectivity index (χ3v) is 8.19. The van der Waals surface area contributed by atoms with Crippen LogP contribution in [-0.4, -0.2) is 23.4 Å². The first-order valence-electron chi connectivity index (χ1n) is 4.65. The van der Waals surface area contributed by atoms with Crippen LogP contribution in [0.5, 0.6) is 0 Å². The molecule has 0 radical (unpaired) electrons. The van der Waals surface area contributed by atoms with Crippen LogP contribution < -0.4 is 3.58 Å². The van der Waals surface area contributed by atoms with Crippen LogP contribution in [0.25, 0.3) is 10.9 Å². The third-order valence-electron chi connectivity index (χ3n) is 2.40. The molecule has 0 aliphatic rings. The van der Waals surface area contributed by atoms with Gasteiger partial charge in [-0.15, -0.1) is 0 Å². The van der Waals surface area contributed by atoms with Gasteiger partial charge in [-0.25, -0.2) is 0 Å². The van der Waals surface area contributed by atoms with E-state index in [9.17, 15) is 0 Å². The number of fused-ring (bicyclic) bond motifs is 1. The second kappa shape index (κ2) is 3.05. The van der Waals surface area contributed by atoms with E-state index in [4.69, 9.17) is 0 Å². The average Bonchev–Trinajstić information content (AvgIpc) is 2.45. The van der Waals surface area contributed by atoms with Gasteiger partial charge in [-0.1, -0.05) is 0 Å². The normalized spacial score (nSPS) is 12.2. The molecule has 1 aromatic carbocycles. The Balaban J connectivity index is 2.72. The molecular formula is C11H15NSn. The van der Waals surface area contributed by atoms with E-state index in [1.165, 1.54) is 10.9 Å². The SMILES string of the molecule is [CH3][Sn]([CH3])([CH3])[c]1c[nH]c2ccccc12. The molecule has 1 N–H and O–H groups in total. The molecule has 0 bridgehead atoms. The standard InChI is InChI=1S/C8H6N.3CH3.Sn/c1-2-4-8-7(3-1)5-6-9-8;;;;/h1-4,6,9H;3*1H3;. The molecule has 2 heteroatoms. The summed E-state index contributed by atoms with van der Waals surface area (Å²) in [6, 6.07) is 8.58. The van der Waals surface area contributed by atoms with Gasteiger partial charge < -0.3 is 0 Å². The van der Waals surface area contributed by atoms with E-state index in [0.29, 0.717) is 0 Å². The summed E-state index contributed by atoms with van der Waals surface area (Å²) in [5, 5.41) is 1.44. The van der Waals surface area contributed by atoms with E-state index in [1.54, 1.807) is 3.58 Å². The summed E-state index contributed by atoms with van der Waals surface area (Å²) >= 11 is -1.89. The van der Waals surface area contributed by atoms with Crippen LogP contribution in [0.4, 0.5) is 0 Å². The second-order valence-electron chi connectivity index (χ2n) is 4.50. The molecule has 2 aromatic rings. The first-order chi connectivity index (χ1) is 6.09. The number of H-pyrrole nitrogens is 1. The van der Waals surface area contributed by atoms with Crippen LogP contribution in [-0.2, 0) is 0 Å². The number of benzene rings is 1. The summed E-state index contributed by atoms with van der Waals surface area (Å²) in [5.41, 5.74) is 1.28. The molecule has 1 heterocycles. The monoisotopic (exact) mass is 281 g/mol. The van der Waals surface area contributed by atoms with Crippen molar-refractivity contribution in [3.05, 3.63) is 30.5 Å². The summed E-state index contributed by atoms with van der Waals surface area (Å²) in [4.78, 5) is 10.7. The summed E-state index contributed by atoms with van der Waals surface area (Å²) in [6.07, 6.45) is 2.21.